The van der Waals surface area contributed by atoms with Crippen LogP contribution in [0.2, 0.25) is 0 Å². The summed E-state index contributed by atoms with van der Waals surface area (Å²) >= 11 is 0. The van der Waals surface area contributed by atoms with Crippen LogP contribution in [0.15, 0.2) is 30.3 Å². The summed E-state index contributed by atoms with van der Waals surface area (Å²) in [4.78, 5) is 13.2. The van der Waals surface area contributed by atoms with E-state index in [-0.39, 0.29) is 17.7 Å². The molecule has 6 heteroatoms. The Hall–Kier alpha value is -1.40. The van der Waals surface area contributed by atoms with Gasteiger partial charge in [0, 0.05) is 33.1 Å². The minimum Gasteiger partial charge on any atom is -0.349 e. The molecule has 1 aliphatic rings. The molecule has 1 heterocycles. The molecule has 0 bridgehead atoms. The molecule has 2 rings (SSSR count). The lowest BCUT2D eigenvalue weighted by molar-refractivity contribution is -0.128. The van der Waals surface area contributed by atoms with Gasteiger partial charge in [-0.2, -0.15) is 4.31 Å². The maximum Gasteiger partial charge on any atom is 0.222 e. The van der Waals surface area contributed by atoms with Crippen molar-refractivity contribution in [1.82, 2.24) is 9.21 Å². The summed E-state index contributed by atoms with van der Waals surface area (Å²) < 4.78 is 27.0. The molecule has 1 aliphatic heterocycles. The van der Waals surface area contributed by atoms with Crippen LogP contribution in [0.1, 0.15) is 37.7 Å². The van der Waals surface area contributed by atoms with Crippen LogP contribution in [0, 0.1) is 0 Å². The van der Waals surface area contributed by atoms with Crippen molar-refractivity contribution in [3.05, 3.63) is 35.9 Å². The largest absolute Gasteiger partial charge is 0.349 e. The smallest absolute Gasteiger partial charge is 0.222 e. The van der Waals surface area contributed by atoms with Crippen LogP contribution < -0.4 is 0 Å². The normalized spacial score (nSPS) is 19.0. The predicted molar refractivity (Wildman–Crippen MR) is 91.3 cm³/mol. The molecule has 5 nitrogen and oxygen atoms in total. The zero-order valence-electron chi connectivity index (χ0n) is 13.9. The zero-order valence-corrected chi connectivity index (χ0v) is 14.8. The highest BCUT2D eigenvalue weighted by Gasteiger charge is 2.33. The van der Waals surface area contributed by atoms with E-state index in [1.165, 1.54) is 0 Å². The van der Waals surface area contributed by atoms with Gasteiger partial charge < -0.3 is 4.90 Å². The number of hydrogen-bond acceptors (Lipinski definition) is 3. The molecule has 23 heavy (non-hydrogen) atoms. The van der Waals surface area contributed by atoms with E-state index < -0.39 is 10.0 Å². The third kappa shape index (κ3) is 5.04. The third-order valence-electron chi connectivity index (χ3n) is 4.30. The van der Waals surface area contributed by atoms with Crippen LogP contribution in [0.4, 0.5) is 0 Å². The average molecular weight is 338 g/mol. The Morgan fingerprint density at radius 1 is 1.26 bits per heavy atom. The molecule has 1 aromatic carbocycles. The van der Waals surface area contributed by atoms with Crippen molar-refractivity contribution in [3.63, 3.8) is 0 Å². The fourth-order valence-corrected chi connectivity index (χ4v) is 4.90. The molecule has 1 saturated heterocycles. The Morgan fingerprint density at radius 2 is 1.96 bits per heavy atom. The SMILES string of the molecule is CN(C)C(=O)CCCC1CCCN1S(=O)(=O)Cc1ccccc1. The standard InChI is InChI=1S/C17H26N2O3S/c1-18(2)17(20)12-6-10-16-11-7-13-19(16)23(21,22)14-15-8-4-3-5-9-15/h3-5,8-9,16H,6-7,10-14H2,1-2H3. The summed E-state index contributed by atoms with van der Waals surface area (Å²) in [6.07, 6.45) is 3.77. The molecule has 0 aliphatic carbocycles. The van der Waals surface area contributed by atoms with E-state index >= 15 is 0 Å². The second-order valence-corrected chi connectivity index (χ2v) is 8.25. The monoisotopic (exact) mass is 338 g/mol. The topological polar surface area (TPSA) is 57.7 Å². The maximum absolute atomic E-state index is 12.7. The first-order valence-corrected chi connectivity index (χ1v) is 9.74. The molecule has 0 saturated carbocycles. The molecule has 1 aromatic rings. The number of amides is 1. The quantitative estimate of drug-likeness (QED) is 0.766. The second kappa shape index (κ2) is 7.93. The number of rotatable bonds is 7. The van der Waals surface area contributed by atoms with Crippen LogP contribution in [0.5, 0.6) is 0 Å². The van der Waals surface area contributed by atoms with Gasteiger partial charge in [-0.15, -0.1) is 0 Å². The molecule has 0 aromatic heterocycles. The van der Waals surface area contributed by atoms with E-state index in [0.717, 1.165) is 31.2 Å². The highest BCUT2D eigenvalue weighted by Crippen LogP contribution is 2.27. The maximum atomic E-state index is 12.7. The van der Waals surface area contributed by atoms with Crippen LogP contribution in [-0.4, -0.2) is 50.2 Å². The van der Waals surface area contributed by atoms with Crippen molar-refractivity contribution in [2.24, 2.45) is 0 Å². The molecular weight excluding hydrogens is 312 g/mol. The van der Waals surface area contributed by atoms with Gasteiger partial charge in [0.1, 0.15) is 0 Å². The Bertz CT molecular complexity index is 614. The summed E-state index contributed by atoms with van der Waals surface area (Å²) in [5.41, 5.74) is 0.820. The van der Waals surface area contributed by atoms with Crippen molar-refractivity contribution in [1.29, 1.82) is 0 Å². The van der Waals surface area contributed by atoms with Crippen molar-refractivity contribution >= 4 is 15.9 Å². The number of carbonyl (C=O) groups excluding carboxylic acids is 1. The van der Waals surface area contributed by atoms with Gasteiger partial charge in [-0.3, -0.25) is 4.79 Å². The van der Waals surface area contributed by atoms with Crippen molar-refractivity contribution in [3.8, 4) is 0 Å². The lowest BCUT2D eigenvalue weighted by Crippen LogP contribution is -2.36. The summed E-state index contributed by atoms with van der Waals surface area (Å²) in [6.45, 7) is 0.599. The second-order valence-electron chi connectivity index (χ2n) is 6.33. The van der Waals surface area contributed by atoms with Crippen LogP contribution >= 0.6 is 0 Å². The first kappa shape index (κ1) is 17.9. The van der Waals surface area contributed by atoms with E-state index in [1.807, 2.05) is 30.3 Å². The lowest BCUT2D eigenvalue weighted by atomic mass is 10.1. The van der Waals surface area contributed by atoms with Crippen LogP contribution in [-0.2, 0) is 20.6 Å². The van der Waals surface area contributed by atoms with Gasteiger partial charge in [0.15, 0.2) is 0 Å². The number of nitrogens with zero attached hydrogens (tertiary/aromatic N) is 2. The molecule has 1 atom stereocenters. The fourth-order valence-electron chi connectivity index (χ4n) is 3.04. The Labute approximate surface area is 139 Å². The van der Waals surface area contributed by atoms with Gasteiger partial charge in [-0.25, -0.2) is 8.42 Å². The molecule has 1 unspecified atom stereocenters. The minimum atomic E-state index is -3.29. The minimum absolute atomic E-state index is 0.0404. The molecule has 128 valence electrons. The third-order valence-corrected chi connectivity index (χ3v) is 6.19. The van der Waals surface area contributed by atoms with Gasteiger partial charge >= 0.3 is 0 Å². The van der Waals surface area contributed by atoms with Gasteiger partial charge in [-0.05, 0) is 31.2 Å². The van der Waals surface area contributed by atoms with E-state index in [4.69, 9.17) is 0 Å². The van der Waals surface area contributed by atoms with Crippen molar-refractivity contribution in [2.75, 3.05) is 20.6 Å². The molecule has 1 fully saturated rings. The van der Waals surface area contributed by atoms with Gasteiger partial charge in [0.05, 0.1) is 5.75 Å². The Morgan fingerprint density at radius 3 is 2.61 bits per heavy atom. The predicted octanol–water partition coefficient (Wildman–Crippen LogP) is 2.24. The highest BCUT2D eigenvalue weighted by atomic mass is 32.2. The van der Waals surface area contributed by atoms with Crippen molar-refractivity contribution < 1.29 is 13.2 Å². The number of sulfonamides is 1. The fraction of sp³-hybridized carbons (Fsp3) is 0.588. The van der Waals surface area contributed by atoms with E-state index in [0.29, 0.717) is 13.0 Å². The molecule has 0 spiro atoms. The van der Waals surface area contributed by atoms with E-state index in [2.05, 4.69) is 0 Å². The number of hydrogen-bond donors (Lipinski definition) is 0. The Balaban J connectivity index is 1.93. The molecule has 1 amide bonds. The lowest BCUT2D eigenvalue weighted by Gasteiger charge is -2.24. The highest BCUT2D eigenvalue weighted by molar-refractivity contribution is 7.88. The van der Waals surface area contributed by atoms with E-state index in [1.54, 1.807) is 23.3 Å². The van der Waals surface area contributed by atoms with Crippen LogP contribution in [0.25, 0.3) is 0 Å². The summed E-state index contributed by atoms with van der Waals surface area (Å²) in [7, 11) is 0.198. The van der Waals surface area contributed by atoms with Crippen molar-refractivity contribution in [2.45, 2.75) is 43.9 Å². The molecule has 0 N–H and O–H groups in total. The van der Waals surface area contributed by atoms with Crippen LogP contribution in [0.3, 0.4) is 0 Å². The first-order chi connectivity index (χ1) is 10.9. The average Bonchev–Trinajstić information content (AvgIpc) is 2.97. The molecule has 0 radical (unpaired) electrons. The van der Waals surface area contributed by atoms with Gasteiger partial charge in [-0.1, -0.05) is 30.3 Å². The van der Waals surface area contributed by atoms with Gasteiger partial charge in [0.25, 0.3) is 0 Å². The zero-order chi connectivity index (χ0) is 16.9. The number of benzene rings is 1. The number of carbonyl (C=O) groups is 1. The van der Waals surface area contributed by atoms with E-state index in [9.17, 15) is 13.2 Å². The summed E-state index contributed by atoms with van der Waals surface area (Å²) in [5.74, 6) is 0.155. The van der Waals surface area contributed by atoms with Gasteiger partial charge in [0.2, 0.25) is 15.9 Å². The summed E-state index contributed by atoms with van der Waals surface area (Å²) in [5, 5.41) is 0. The Kier molecular flexibility index (Phi) is 6.18. The molecular formula is C17H26N2O3S. The summed E-state index contributed by atoms with van der Waals surface area (Å²) in [6, 6.07) is 9.34. The first-order valence-electron chi connectivity index (χ1n) is 8.14.